The number of nitrogens with one attached hydrogen (secondary N) is 1. The molecular weight excluding hydrogens is 512 g/mol. The molecule has 2 bridgehead atoms. The van der Waals surface area contributed by atoms with Gasteiger partial charge in [0, 0.05) is 0 Å². The van der Waals surface area contributed by atoms with Crippen LogP contribution in [-0.4, -0.2) is 63.2 Å². The average Bonchev–Trinajstić information content (AvgIpc) is 3.91. The monoisotopic (exact) mass is 533 g/mol. The molecule has 0 saturated carbocycles. The van der Waals surface area contributed by atoms with Crippen molar-refractivity contribution in [3.8, 4) is 5.69 Å². The first-order valence-corrected chi connectivity index (χ1v) is 20.1. The molecule has 40 heavy (non-hydrogen) atoms. The van der Waals surface area contributed by atoms with Crippen LogP contribution >= 0.6 is 12.7 Å². The number of hydrogen-bond donors (Lipinski definition) is 1. The van der Waals surface area contributed by atoms with Crippen molar-refractivity contribution in [2.75, 3.05) is 0 Å². The van der Waals surface area contributed by atoms with Gasteiger partial charge in [0.05, 0.1) is 0 Å². The van der Waals surface area contributed by atoms with Crippen molar-refractivity contribution >= 4 is 115 Å². The van der Waals surface area contributed by atoms with Crippen molar-refractivity contribution in [1.82, 2.24) is 9.42 Å². The van der Waals surface area contributed by atoms with E-state index in [1.54, 1.807) is 10.8 Å². The predicted molar refractivity (Wildman–Crippen MR) is 187 cm³/mol. The Balaban J connectivity index is 1.13. The van der Waals surface area contributed by atoms with Gasteiger partial charge in [-0.05, 0) is 0 Å². The van der Waals surface area contributed by atoms with Gasteiger partial charge in [-0.15, -0.1) is 0 Å². The molecule has 0 amide bonds. The van der Waals surface area contributed by atoms with Gasteiger partial charge in [-0.1, -0.05) is 0 Å². The fourth-order valence-corrected chi connectivity index (χ4v) is 30.4. The molecule has 4 aromatic carbocycles. The fourth-order valence-electron chi connectivity index (χ4n) is 11.2. The van der Waals surface area contributed by atoms with E-state index >= 15 is 0 Å². The van der Waals surface area contributed by atoms with E-state index in [0.717, 1.165) is 31.1 Å². The van der Waals surface area contributed by atoms with Crippen molar-refractivity contribution in [3.05, 3.63) is 90.0 Å². The summed E-state index contributed by atoms with van der Waals surface area (Å²) in [5.41, 5.74) is 11.7. The SMILES string of the molecule is CC1(C)c2ccc(P34(NP567[B]B5B6[B-]7)B5[B-]B3B54)cc2B2c3c(cccc31)-n1c3ccccc3c3cccc2c31. The van der Waals surface area contributed by atoms with Crippen LogP contribution in [0.2, 0.25) is 0 Å². The molecule has 7 saturated heterocycles. The summed E-state index contributed by atoms with van der Waals surface area (Å²) in [6.45, 7) is 10.7. The Bertz CT molecular complexity index is 2190. The van der Waals surface area contributed by atoms with Gasteiger partial charge < -0.3 is 0 Å². The number of aromatic nitrogens is 1. The Morgan fingerprint density at radius 3 is 2.40 bits per heavy atom. The molecule has 5 radical (unpaired) electrons. The van der Waals surface area contributed by atoms with E-state index in [2.05, 4.69) is 123 Å². The Hall–Kier alpha value is -1.92. The molecule has 1 aromatic heterocycles. The second-order valence-electron chi connectivity index (χ2n) is 15.0. The van der Waals surface area contributed by atoms with Gasteiger partial charge in [-0.2, -0.15) is 0 Å². The Kier molecular flexibility index (Phi) is 2.79. The Morgan fingerprint density at radius 2 is 1.65 bits per heavy atom. The Labute approximate surface area is 238 Å². The van der Waals surface area contributed by atoms with E-state index in [1.807, 2.05) is 0 Å². The third-order valence-electron chi connectivity index (χ3n) is 13.6. The molecule has 10 heterocycles. The number of hydrogen-bond acceptors (Lipinski definition) is 1. The van der Waals surface area contributed by atoms with E-state index in [1.165, 1.54) is 49.5 Å². The van der Waals surface area contributed by atoms with E-state index in [4.69, 9.17) is 0 Å². The average molecular weight is 532 g/mol. The zero-order valence-corrected chi connectivity index (χ0v) is 24.3. The summed E-state index contributed by atoms with van der Waals surface area (Å²) in [4.78, 5) is 4.68. The molecule has 13 heteroatoms. The first-order chi connectivity index (χ1) is 19.4. The zero-order chi connectivity index (χ0) is 25.8. The van der Waals surface area contributed by atoms with Crippen LogP contribution in [0.15, 0.2) is 78.9 Å². The van der Waals surface area contributed by atoms with Gasteiger partial charge in [0.2, 0.25) is 0 Å². The third kappa shape index (κ3) is 1.65. The maximum atomic E-state index is 4.68. The summed E-state index contributed by atoms with van der Waals surface area (Å²) >= 11 is 0. The van der Waals surface area contributed by atoms with Gasteiger partial charge in [0.15, 0.2) is 0 Å². The van der Waals surface area contributed by atoms with Crippen LogP contribution in [0, 0.1) is 0 Å². The van der Waals surface area contributed by atoms with Gasteiger partial charge in [0.25, 0.3) is 0 Å². The topological polar surface area (TPSA) is 17.0 Å². The van der Waals surface area contributed by atoms with E-state index in [0.29, 0.717) is 6.71 Å². The molecule has 7 fully saturated rings. The van der Waals surface area contributed by atoms with Crippen molar-refractivity contribution in [3.63, 3.8) is 0 Å². The van der Waals surface area contributed by atoms with Gasteiger partial charge >= 0.3 is 239 Å². The number of nitrogens with zero attached hydrogens (tertiary/aromatic N) is 1. The quantitative estimate of drug-likeness (QED) is 0.271. The molecule has 0 aliphatic carbocycles. The van der Waals surface area contributed by atoms with Crippen LogP contribution in [0.1, 0.15) is 25.0 Å². The van der Waals surface area contributed by atoms with Crippen LogP contribution in [0.5, 0.6) is 0 Å². The molecule has 0 unspecified atom stereocenters. The summed E-state index contributed by atoms with van der Waals surface area (Å²) < 4.78 is 2.58. The van der Waals surface area contributed by atoms with Crippen LogP contribution in [0.3, 0.4) is 0 Å². The zero-order valence-electron chi connectivity index (χ0n) is 22.5. The molecule has 1 N–H and O–H groups in total. The first-order valence-electron chi connectivity index (χ1n) is 15.2. The van der Waals surface area contributed by atoms with Crippen molar-refractivity contribution < 1.29 is 0 Å². The van der Waals surface area contributed by atoms with Crippen molar-refractivity contribution in [1.29, 1.82) is 0 Å². The van der Waals surface area contributed by atoms with E-state index in [9.17, 15) is 0 Å². The molecule has 177 valence electrons. The van der Waals surface area contributed by atoms with Crippen LogP contribution in [-0.2, 0) is 5.41 Å². The summed E-state index contributed by atoms with van der Waals surface area (Å²) in [6.07, 6.45) is 1.25. The number of rotatable bonds is 3. The number of para-hydroxylation sites is 2. The van der Waals surface area contributed by atoms with E-state index < -0.39 is 12.7 Å². The summed E-state index contributed by atoms with van der Waals surface area (Å²) in [5, 5.41) is 4.49. The van der Waals surface area contributed by atoms with Gasteiger partial charge in [0.1, 0.15) is 0 Å². The van der Waals surface area contributed by atoms with Crippen LogP contribution in [0.25, 0.3) is 27.5 Å². The van der Waals surface area contributed by atoms with Crippen molar-refractivity contribution in [2.45, 2.75) is 19.3 Å². The second kappa shape index (κ2) is 5.34. The fraction of sp³-hybridized carbons (Fsp3) is 0.111. The van der Waals surface area contributed by atoms with E-state index in [-0.39, 0.29) is 5.41 Å². The molecule has 14 rings (SSSR count). The number of fused-ring (bicyclic) bond motifs is 8. The van der Waals surface area contributed by atoms with Crippen molar-refractivity contribution in [2.24, 2.45) is 0 Å². The molecule has 9 aliphatic heterocycles. The second-order valence-corrected chi connectivity index (χ2v) is 25.3. The van der Waals surface area contributed by atoms with Gasteiger partial charge in [-0.3, -0.25) is 0 Å². The minimum absolute atomic E-state index is 0.0304. The van der Waals surface area contributed by atoms with Crippen LogP contribution in [0.4, 0.5) is 0 Å². The molecule has 0 atom stereocenters. The minimum atomic E-state index is -1.94. The summed E-state index contributed by atoms with van der Waals surface area (Å²) in [5.74, 6) is 0. The first kappa shape index (κ1) is 20.9. The normalized spacial score (nSPS) is 27.9. The molecule has 9 aliphatic rings. The molecular formula is C27H20B9N2P2-2. The third-order valence-corrected chi connectivity index (χ3v) is 28.0. The maximum absolute atomic E-state index is 4.68. The molecule has 5 aromatic rings. The predicted octanol–water partition coefficient (Wildman–Crippen LogP) is 1.61. The summed E-state index contributed by atoms with van der Waals surface area (Å²) in [7, 11) is 2.71. The molecule has 1 spiro atoms. The van der Waals surface area contributed by atoms with Gasteiger partial charge in [-0.25, -0.2) is 0 Å². The number of benzene rings is 4. The standard InChI is InChI=1S/C27H20B9N2P2/c1-27(2)19-14-13-16(39(32-28-33(39)36(32)39)37-40-29-34(40)35(40)30-40)15-22(19)31-21-10-5-8-18-17-7-3-4-11-23(17)38(26(18)21)24-12-6-9-20(27)25(24)31/h3-15,37H,1-2H3/q-2. The van der Waals surface area contributed by atoms with Crippen LogP contribution < -0.4 is 26.6 Å². The summed E-state index contributed by atoms with van der Waals surface area (Å²) in [6, 6.07) is 31.2. The Morgan fingerprint density at radius 1 is 0.850 bits per heavy atom. The molecule has 2 nitrogen and oxygen atoms in total.